The molecular weight excluding hydrogens is 639 g/mol. The lowest BCUT2D eigenvalue weighted by Gasteiger charge is -2.12. The third-order valence-electron chi connectivity index (χ3n) is 9.69. The van der Waals surface area contributed by atoms with Crippen LogP contribution in [0.5, 0.6) is 0 Å². The topological polar surface area (TPSA) is 38.7 Å². The maximum Gasteiger partial charge on any atom is 0.160 e. The molecule has 3 heterocycles. The Bertz CT molecular complexity index is 2890. The Morgan fingerprint density at radius 2 is 0.980 bits per heavy atom. The van der Waals surface area contributed by atoms with Crippen LogP contribution in [0.2, 0.25) is 0 Å². The van der Waals surface area contributed by atoms with Crippen LogP contribution < -0.4 is 0 Å². The van der Waals surface area contributed by atoms with Crippen molar-refractivity contribution in [1.82, 2.24) is 15.0 Å². The van der Waals surface area contributed by atoms with Gasteiger partial charge in [0.15, 0.2) is 5.82 Å². The van der Waals surface area contributed by atoms with Crippen LogP contribution in [0.3, 0.4) is 0 Å². The Kier molecular flexibility index (Phi) is 7.00. The van der Waals surface area contributed by atoms with Crippen molar-refractivity contribution < 1.29 is 0 Å². The molecule has 10 rings (SSSR count). The largest absolute Gasteiger partial charge is 0.247 e. The average Bonchev–Trinajstić information content (AvgIpc) is 3.61. The van der Waals surface area contributed by atoms with E-state index in [2.05, 4.69) is 164 Å². The first-order valence-electron chi connectivity index (χ1n) is 17.1. The SMILES string of the molecule is c1ccc(-c2ccc(-c3cc(-c4ccccc4)nc(-c4ccc5c(c4)nc(-c4cccc6ccccc46)c4c6ccccc6sc54)n3)cc2)cc1. The summed E-state index contributed by atoms with van der Waals surface area (Å²) in [6, 6.07) is 61.8. The number of aromatic nitrogens is 3. The van der Waals surface area contributed by atoms with Crippen LogP contribution in [0.1, 0.15) is 0 Å². The highest BCUT2D eigenvalue weighted by Gasteiger charge is 2.19. The molecule has 0 fully saturated rings. The number of hydrogen-bond donors (Lipinski definition) is 0. The van der Waals surface area contributed by atoms with E-state index in [1.807, 2.05) is 23.5 Å². The van der Waals surface area contributed by atoms with Gasteiger partial charge in [-0.15, -0.1) is 11.3 Å². The summed E-state index contributed by atoms with van der Waals surface area (Å²) in [5, 5.41) is 5.97. The summed E-state index contributed by atoms with van der Waals surface area (Å²) in [5.74, 6) is 0.672. The molecule has 51 heavy (non-hydrogen) atoms. The van der Waals surface area contributed by atoms with Gasteiger partial charge in [-0.25, -0.2) is 15.0 Å². The van der Waals surface area contributed by atoms with Crippen LogP contribution in [-0.4, -0.2) is 15.0 Å². The Morgan fingerprint density at radius 3 is 1.76 bits per heavy atom. The third kappa shape index (κ3) is 5.16. The second-order valence-electron chi connectivity index (χ2n) is 12.8. The van der Waals surface area contributed by atoms with Gasteiger partial charge in [0.2, 0.25) is 0 Å². The molecule has 0 aliphatic rings. The second kappa shape index (κ2) is 12.1. The Hall–Kier alpha value is -6.49. The first kappa shape index (κ1) is 29.4. The van der Waals surface area contributed by atoms with Gasteiger partial charge in [0.05, 0.1) is 22.6 Å². The zero-order valence-corrected chi connectivity index (χ0v) is 28.3. The van der Waals surface area contributed by atoms with Gasteiger partial charge in [0, 0.05) is 47.8 Å². The number of fused-ring (bicyclic) bond motifs is 6. The van der Waals surface area contributed by atoms with Gasteiger partial charge in [-0.05, 0) is 40.1 Å². The molecule has 4 heteroatoms. The second-order valence-corrected chi connectivity index (χ2v) is 13.8. The molecule has 0 radical (unpaired) electrons. The van der Waals surface area contributed by atoms with E-state index in [9.17, 15) is 0 Å². The molecule has 0 aliphatic heterocycles. The number of nitrogens with zero attached hydrogens (tertiary/aromatic N) is 3. The number of rotatable bonds is 5. The van der Waals surface area contributed by atoms with Crippen molar-refractivity contribution in [2.24, 2.45) is 0 Å². The zero-order valence-electron chi connectivity index (χ0n) is 27.5. The Balaban J connectivity index is 1.18. The van der Waals surface area contributed by atoms with Gasteiger partial charge in [-0.2, -0.15) is 0 Å². The highest BCUT2D eigenvalue weighted by molar-refractivity contribution is 7.26. The highest BCUT2D eigenvalue weighted by Crippen LogP contribution is 2.44. The van der Waals surface area contributed by atoms with Crippen molar-refractivity contribution in [3.8, 4) is 56.3 Å². The molecule has 10 aromatic rings. The molecular formula is C47H29N3S. The van der Waals surface area contributed by atoms with E-state index >= 15 is 0 Å². The van der Waals surface area contributed by atoms with Crippen molar-refractivity contribution in [3.63, 3.8) is 0 Å². The number of benzene rings is 7. The third-order valence-corrected chi connectivity index (χ3v) is 10.9. The van der Waals surface area contributed by atoms with Crippen molar-refractivity contribution in [3.05, 3.63) is 176 Å². The number of pyridine rings is 1. The minimum Gasteiger partial charge on any atom is -0.247 e. The summed E-state index contributed by atoms with van der Waals surface area (Å²) in [4.78, 5) is 15.8. The molecule has 0 saturated heterocycles. The normalized spacial score (nSPS) is 11.5. The van der Waals surface area contributed by atoms with E-state index in [-0.39, 0.29) is 0 Å². The van der Waals surface area contributed by atoms with E-state index in [1.54, 1.807) is 0 Å². The van der Waals surface area contributed by atoms with Gasteiger partial charge in [0.1, 0.15) is 0 Å². The lowest BCUT2D eigenvalue weighted by atomic mass is 9.97. The quantitative estimate of drug-likeness (QED) is 0.183. The van der Waals surface area contributed by atoms with Gasteiger partial charge in [-0.1, -0.05) is 158 Å². The minimum absolute atomic E-state index is 0.672. The molecule has 0 aliphatic carbocycles. The molecule has 0 saturated carbocycles. The first-order chi connectivity index (χ1) is 25.3. The summed E-state index contributed by atoms with van der Waals surface area (Å²) in [5.41, 5.74) is 10.2. The lowest BCUT2D eigenvalue weighted by molar-refractivity contribution is 1.18. The Labute approximate surface area is 299 Å². The molecule has 0 spiro atoms. The molecule has 0 atom stereocenters. The molecule has 7 aromatic carbocycles. The van der Waals surface area contributed by atoms with E-state index in [0.717, 1.165) is 50.2 Å². The van der Waals surface area contributed by atoms with Gasteiger partial charge < -0.3 is 0 Å². The van der Waals surface area contributed by atoms with Crippen LogP contribution in [-0.2, 0) is 0 Å². The van der Waals surface area contributed by atoms with Crippen molar-refractivity contribution in [2.45, 2.75) is 0 Å². The van der Waals surface area contributed by atoms with Crippen LogP contribution in [0.25, 0.3) is 98.1 Å². The predicted octanol–water partition coefficient (Wildman–Crippen LogP) is 12.9. The molecule has 238 valence electrons. The van der Waals surface area contributed by atoms with Gasteiger partial charge in [-0.3, -0.25) is 0 Å². The molecule has 3 aromatic heterocycles. The van der Waals surface area contributed by atoms with E-state index < -0.39 is 0 Å². The van der Waals surface area contributed by atoms with Gasteiger partial charge in [0.25, 0.3) is 0 Å². The van der Waals surface area contributed by atoms with E-state index in [4.69, 9.17) is 15.0 Å². The molecule has 0 amide bonds. The van der Waals surface area contributed by atoms with E-state index in [0.29, 0.717) is 5.82 Å². The zero-order chi connectivity index (χ0) is 33.7. The summed E-state index contributed by atoms with van der Waals surface area (Å²) in [6.07, 6.45) is 0. The fourth-order valence-corrected chi connectivity index (χ4v) is 8.41. The first-order valence-corrected chi connectivity index (χ1v) is 17.9. The van der Waals surface area contributed by atoms with Crippen LogP contribution in [0.15, 0.2) is 176 Å². The van der Waals surface area contributed by atoms with E-state index in [1.165, 1.54) is 42.1 Å². The maximum atomic E-state index is 5.48. The smallest absolute Gasteiger partial charge is 0.160 e. The molecule has 3 nitrogen and oxygen atoms in total. The predicted molar refractivity (Wildman–Crippen MR) is 215 cm³/mol. The highest BCUT2D eigenvalue weighted by atomic mass is 32.1. The summed E-state index contributed by atoms with van der Waals surface area (Å²) < 4.78 is 2.50. The summed E-state index contributed by atoms with van der Waals surface area (Å²) >= 11 is 1.83. The summed E-state index contributed by atoms with van der Waals surface area (Å²) in [6.45, 7) is 0. The Morgan fingerprint density at radius 1 is 0.392 bits per heavy atom. The van der Waals surface area contributed by atoms with Crippen molar-refractivity contribution in [1.29, 1.82) is 0 Å². The molecule has 0 N–H and O–H groups in total. The molecule has 0 unspecified atom stereocenters. The maximum absolute atomic E-state index is 5.48. The standard InChI is InChI=1S/C47H29N3S/c1-3-12-30(13-4-1)31-22-24-34(25-23-31)41-29-40(33-15-5-2-6-16-33)49-47(50-41)35-26-27-38-42(28-35)48-45(37-20-11-17-32-14-7-8-18-36(32)37)44-39-19-9-10-21-43(39)51-46(38)44/h1-29H. The summed E-state index contributed by atoms with van der Waals surface area (Å²) in [7, 11) is 0. The van der Waals surface area contributed by atoms with Crippen molar-refractivity contribution >= 4 is 53.2 Å². The van der Waals surface area contributed by atoms with Crippen LogP contribution >= 0.6 is 11.3 Å². The molecule has 0 bridgehead atoms. The fourth-order valence-electron chi connectivity index (χ4n) is 7.17. The lowest BCUT2D eigenvalue weighted by Crippen LogP contribution is -1.96. The monoisotopic (exact) mass is 667 g/mol. The van der Waals surface area contributed by atoms with Gasteiger partial charge >= 0.3 is 0 Å². The fraction of sp³-hybridized carbons (Fsp3) is 0. The van der Waals surface area contributed by atoms with Crippen molar-refractivity contribution in [2.75, 3.05) is 0 Å². The van der Waals surface area contributed by atoms with Crippen LogP contribution in [0.4, 0.5) is 0 Å². The average molecular weight is 668 g/mol. The van der Waals surface area contributed by atoms with Crippen LogP contribution in [0, 0.1) is 0 Å². The number of hydrogen-bond acceptors (Lipinski definition) is 4. The minimum atomic E-state index is 0.672. The number of thiophene rings is 1.